The summed E-state index contributed by atoms with van der Waals surface area (Å²) in [6.45, 7) is 6.83. The Bertz CT molecular complexity index is 730. The normalized spacial score (nSPS) is 24.7. The molecule has 0 aromatic rings. The van der Waals surface area contributed by atoms with Gasteiger partial charge in [0.05, 0.1) is 6.10 Å². The van der Waals surface area contributed by atoms with Gasteiger partial charge in [0.25, 0.3) is 0 Å². The number of ether oxygens (including phenoxy) is 5. The van der Waals surface area contributed by atoms with Crippen LogP contribution in [-0.4, -0.2) is 65.7 Å². The van der Waals surface area contributed by atoms with Crippen molar-refractivity contribution >= 4 is 29.8 Å². The molecule has 1 fully saturated rings. The van der Waals surface area contributed by atoms with Crippen LogP contribution in [0.5, 0.6) is 0 Å². The van der Waals surface area contributed by atoms with Gasteiger partial charge in [-0.2, -0.15) is 0 Å². The van der Waals surface area contributed by atoms with Crippen molar-refractivity contribution in [1.29, 1.82) is 0 Å². The molecule has 11 nitrogen and oxygen atoms in total. The van der Waals surface area contributed by atoms with E-state index in [1.165, 1.54) is 6.92 Å². The smallest absolute Gasteiger partial charge is 0.333 e. The molecule has 0 aromatic carbocycles. The molecule has 11 heteroatoms. The van der Waals surface area contributed by atoms with Crippen LogP contribution in [0.3, 0.4) is 0 Å². The fourth-order valence-corrected chi connectivity index (χ4v) is 3.03. The van der Waals surface area contributed by atoms with Crippen LogP contribution in [0.15, 0.2) is 12.2 Å². The Morgan fingerprint density at radius 3 is 1.64 bits per heavy atom. The van der Waals surface area contributed by atoms with Crippen LogP contribution in [0.1, 0.15) is 66.2 Å². The van der Waals surface area contributed by atoms with Crippen molar-refractivity contribution < 1.29 is 52.8 Å². The van der Waals surface area contributed by atoms with Crippen LogP contribution < -0.4 is 0 Å². The third-order valence-electron chi connectivity index (χ3n) is 4.49. The Morgan fingerprint density at radius 1 is 0.727 bits per heavy atom. The van der Waals surface area contributed by atoms with Crippen molar-refractivity contribution in [3.8, 4) is 0 Å². The number of esters is 4. The van der Waals surface area contributed by atoms with Gasteiger partial charge in [-0.3, -0.25) is 14.4 Å². The van der Waals surface area contributed by atoms with Crippen LogP contribution in [0.25, 0.3) is 0 Å². The highest BCUT2D eigenvalue weighted by Crippen LogP contribution is 2.30. The zero-order chi connectivity index (χ0) is 25.0. The highest BCUT2D eigenvalue weighted by Gasteiger charge is 2.52. The Kier molecular flexibility index (Phi) is 12.1. The summed E-state index contributed by atoms with van der Waals surface area (Å²) in [7, 11) is 0. The molecule has 5 atom stereocenters. The summed E-state index contributed by atoms with van der Waals surface area (Å²) >= 11 is 0. The number of carbonyl (C=O) groups is 5. The minimum atomic E-state index is -1.53. The molecule has 33 heavy (non-hydrogen) atoms. The van der Waals surface area contributed by atoms with E-state index in [4.69, 9.17) is 28.8 Å². The summed E-state index contributed by atoms with van der Waals surface area (Å²) in [6, 6.07) is 0. The number of carboxylic acid groups (broad SMARTS) is 1. The van der Waals surface area contributed by atoms with E-state index in [0.717, 1.165) is 0 Å². The van der Waals surface area contributed by atoms with Crippen molar-refractivity contribution in [3.63, 3.8) is 0 Å². The topological polar surface area (TPSA) is 152 Å². The minimum absolute atomic E-state index is 0.0293. The van der Waals surface area contributed by atoms with Crippen molar-refractivity contribution in [2.24, 2.45) is 0 Å². The molecular formula is C22H32O11. The van der Waals surface area contributed by atoms with E-state index in [2.05, 4.69) is 0 Å². The quantitative estimate of drug-likeness (QED) is 0.252. The van der Waals surface area contributed by atoms with Gasteiger partial charge in [-0.05, 0) is 26.2 Å². The van der Waals surface area contributed by atoms with Crippen LogP contribution in [0.2, 0.25) is 0 Å². The summed E-state index contributed by atoms with van der Waals surface area (Å²) in [4.78, 5) is 59.5. The van der Waals surface area contributed by atoms with Crippen molar-refractivity contribution in [3.05, 3.63) is 12.2 Å². The van der Waals surface area contributed by atoms with Crippen molar-refractivity contribution in [2.75, 3.05) is 0 Å². The van der Waals surface area contributed by atoms with E-state index >= 15 is 0 Å². The van der Waals surface area contributed by atoms with Crippen molar-refractivity contribution in [2.45, 2.75) is 96.9 Å². The summed E-state index contributed by atoms with van der Waals surface area (Å²) < 4.78 is 27.2. The second-order valence-electron chi connectivity index (χ2n) is 7.43. The van der Waals surface area contributed by atoms with E-state index in [1.807, 2.05) is 0 Å². The molecule has 0 aromatic heterocycles. The van der Waals surface area contributed by atoms with Crippen LogP contribution >= 0.6 is 0 Å². The number of aliphatic carboxylic acids is 1. The average molecular weight is 472 g/mol. The van der Waals surface area contributed by atoms with Gasteiger partial charge in [0, 0.05) is 31.4 Å². The zero-order valence-electron chi connectivity index (χ0n) is 19.3. The number of hydrogen-bond acceptors (Lipinski definition) is 10. The second-order valence-corrected chi connectivity index (χ2v) is 7.43. The number of rotatable bonds is 12. The maximum Gasteiger partial charge on any atom is 0.333 e. The first-order valence-electron chi connectivity index (χ1n) is 11.0. The van der Waals surface area contributed by atoms with E-state index < -0.39 is 60.6 Å². The molecule has 1 aliphatic heterocycles. The molecule has 0 unspecified atom stereocenters. The molecule has 1 heterocycles. The molecule has 0 saturated carbocycles. The Hall–Kier alpha value is -2.95. The molecule has 1 aliphatic rings. The first kappa shape index (κ1) is 28.1. The largest absolute Gasteiger partial charge is 0.478 e. The number of hydrogen-bond donors (Lipinski definition) is 1. The van der Waals surface area contributed by atoms with E-state index in [9.17, 15) is 24.0 Å². The van der Waals surface area contributed by atoms with Gasteiger partial charge in [0.2, 0.25) is 12.4 Å². The van der Waals surface area contributed by atoms with E-state index in [-0.39, 0.29) is 19.3 Å². The third kappa shape index (κ3) is 9.60. The molecule has 1 saturated heterocycles. The maximum absolute atomic E-state index is 12.3. The first-order chi connectivity index (χ1) is 15.6. The monoisotopic (exact) mass is 472 g/mol. The van der Waals surface area contributed by atoms with Gasteiger partial charge >= 0.3 is 29.8 Å². The molecule has 1 N–H and O–H groups in total. The van der Waals surface area contributed by atoms with Gasteiger partial charge in [-0.1, -0.05) is 20.8 Å². The minimum Gasteiger partial charge on any atom is -0.478 e. The lowest BCUT2D eigenvalue weighted by Gasteiger charge is -2.43. The summed E-state index contributed by atoms with van der Waals surface area (Å²) in [6.07, 6.45) is -3.44. The average Bonchev–Trinajstić information content (AvgIpc) is 2.72. The predicted octanol–water partition coefficient (Wildman–Crippen LogP) is 2.05. The SMILES string of the molecule is CCCC(=O)O[C@@H]1[C@@H](OC(=O)CCC)[C@H](C)O[C@@H](OC(=O)/C=C/C(=O)O)[C@@H]1OC(=O)CCC. The fraction of sp³-hybridized carbons (Fsp3) is 0.682. The third-order valence-corrected chi connectivity index (χ3v) is 4.49. The lowest BCUT2D eigenvalue weighted by Crippen LogP contribution is -2.61. The highest BCUT2D eigenvalue weighted by molar-refractivity contribution is 5.90. The maximum atomic E-state index is 12.3. The Morgan fingerprint density at radius 2 is 1.18 bits per heavy atom. The van der Waals surface area contributed by atoms with Gasteiger partial charge in [0.15, 0.2) is 12.2 Å². The molecule has 0 aliphatic carbocycles. The predicted molar refractivity (Wildman–Crippen MR) is 112 cm³/mol. The van der Waals surface area contributed by atoms with Crippen LogP contribution in [0.4, 0.5) is 0 Å². The zero-order valence-corrected chi connectivity index (χ0v) is 19.3. The second kappa shape index (κ2) is 14.2. The molecule has 0 radical (unpaired) electrons. The fourth-order valence-electron chi connectivity index (χ4n) is 3.03. The summed E-state index contributed by atoms with van der Waals surface area (Å²) in [5.74, 6) is -4.30. The van der Waals surface area contributed by atoms with E-state index in [0.29, 0.717) is 31.4 Å². The van der Waals surface area contributed by atoms with Gasteiger partial charge in [0.1, 0.15) is 0 Å². The summed E-state index contributed by atoms with van der Waals surface area (Å²) in [5, 5.41) is 8.69. The summed E-state index contributed by atoms with van der Waals surface area (Å²) in [5.41, 5.74) is 0. The lowest BCUT2D eigenvalue weighted by atomic mass is 9.98. The van der Waals surface area contributed by atoms with Gasteiger partial charge in [-0.25, -0.2) is 9.59 Å². The Balaban J connectivity index is 3.29. The molecule has 0 bridgehead atoms. The highest BCUT2D eigenvalue weighted by atomic mass is 16.7. The molecule has 0 spiro atoms. The number of carbonyl (C=O) groups excluding carboxylic acids is 4. The van der Waals surface area contributed by atoms with Gasteiger partial charge < -0.3 is 28.8 Å². The van der Waals surface area contributed by atoms with E-state index in [1.54, 1.807) is 20.8 Å². The molecular weight excluding hydrogens is 440 g/mol. The standard InChI is InChI=1S/C22H32O11/c1-5-8-15(25)30-19-13(4)29-22(33-18(28)12-11-14(23)24)21(32-17(27)10-7-3)20(19)31-16(26)9-6-2/h11-13,19-22H,5-10H2,1-4H3,(H,23,24)/b12-11+/t13-,19-,20+,21+,22-/m0/s1. The molecule has 186 valence electrons. The number of carboxylic acids is 1. The lowest BCUT2D eigenvalue weighted by molar-refractivity contribution is -0.293. The molecule has 0 amide bonds. The Labute approximate surface area is 192 Å². The van der Waals surface area contributed by atoms with Crippen LogP contribution in [-0.2, 0) is 47.7 Å². The first-order valence-corrected chi connectivity index (χ1v) is 11.0. The van der Waals surface area contributed by atoms with Crippen LogP contribution in [0, 0.1) is 0 Å². The molecule has 1 rings (SSSR count). The van der Waals surface area contributed by atoms with Gasteiger partial charge in [-0.15, -0.1) is 0 Å². The van der Waals surface area contributed by atoms with Crippen molar-refractivity contribution in [1.82, 2.24) is 0 Å².